The quantitative estimate of drug-likeness (QED) is 0.802. The standard InChI is InChI=1S/C14H21N3O2/c1-10-3-4-11(15)7-13(10)16-14(18)9-17-6-5-12(8-17)19-2/h3-4,7,12H,5-6,8-9,15H2,1-2H3,(H,16,18). The number of hydrogen-bond donors (Lipinski definition) is 2. The Morgan fingerprint density at radius 3 is 3.05 bits per heavy atom. The van der Waals surface area contributed by atoms with Crippen LogP contribution in [0.1, 0.15) is 12.0 Å². The molecule has 1 unspecified atom stereocenters. The number of nitrogens with two attached hydrogens (primary N) is 1. The van der Waals surface area contributed by atoms with Gasteiger partial charge >= 0.3 is 0 Å². The minimum Gasteiger partial charge on any atom is -0.399 e. The fourth-order valence-corrected chi connectivity index (χ4v) is 2.30. The molecule has 1 aliphatic rings. The molecule has 19 heavy (non-hydrogen) atoms. The SMILES string of the molecule is COC1CCN(CC(=O)Nc2cc(N)ccc2C)C1. The van der Waals surface area contributed by atoms with Crippen LogP contribution in [0.2, 0.25) is 0 Å². The van der Waals surface area contributed by atoms with E-state index in [1.807, 2.05) is 19.1 Å². The molecule has 1 aromatic rings. The molecule has 0 bridgehead atoms. The lowest BCUT2D eigenvalue weighted by Gasteiger charge is -2.16. The van der Waals surface area contributed by atoms with Crippen molar-refractivity contribution >= 4 is 17.3 Å². The average molecular weight is 263 g/mol. The Morgan fingerprint density at radius 1 is 1.58 bits per heavy atom. The van der Waals surface area contributed by atoms with Gasteiger partial charge in [0.1, 0.15) is 0 Å². The maximum absolute atomic E-state index is 12.0. The van der Waals surface area contributed by atoms with Gasteiger partial charge in [0.2, 0.25) is 5.91 Å². The Labute approximate surface area is 113 Å². The van der Waals surface area contributed by atoms with Crippen LogP contribution in [0, 0.1) is 6.92 Å². The summed E-state index contributed by atoms with van der Waals surface area (Å²) in [6.45, 7) is 4.07. The molecule has 0 aliphatic carbocycles. The first-order chi connectivity index (χ1) is 9.08. The van der Waals surface area contributed by atoms with Gasteiger partial charge in [-0.1, -0.05) is 6.07 Å². The van der Waals surface area contributed by atoms with Crippen LogP contribution in [0.4, 0.5) is 11.4 Å². The maximum atomic E-state index is 12.0. The Morgan fingerprint density at radius 2 is 2.37 bits per heavy atom. The normalized spacial score (nSPS) is 19.6. The van der Waals surface area contributed by atoms with Gasteiger partial charge in [0.15, 0.2) is 0 Å². The van der Waals surface area contributed by atoms with Gasteiger partial charge in [-0.25, -0.2) is 0 Å². The van der Waals surface area contributed by atoms with Crippen molar-refractivity contribution in [1.82, 2.24) is 4.90 Å². The van der Waals surface area contributed by atoms with Crippen LogP contribution < -0.4 is 11.1 Å². The number of aryl methyl sites for hydroxylation is 1. The molecular formula is C14H21N3O2. The fourth-order valence-electron chi connectivity index (χ4n) is 2.30. The van der Waals surface area contributed by atoms with E-state index < -0.39 is 0 Å². The number of rotatable bonds is 4. The molecule has 1 fully saturated rings. The summed E-state index contributed by atoms with van der Waals surface area (Å²) in [5.41, 5.74) is 8.18. The summed E-state index contributed by atoms with van der Waals surface area (Å²) in [6, 6.07) is 5.52. The van der Waals surface area contributed by atoms with E-state index in [-0.39, 0.29) is 12.0 Å². The van der Waals surface area contributed by atoms with Crippen molar-refractivity contribution in [3.05, 3.63) is 23.8 Å². The number of nitrogen functional groups attached to an aromatic ring is 1. The molecule has 5 nitrogen and oxygen atoms in total. The van der Waals surface area contributed by atoms with Crippen LogP contribution in [-0.4, -0.2) is 43.7 Å². The molecule has 3 N–H and O–H groups in total. The van der Waals surface area contributed by atoms with Crippen molar-refractivity contribution in [2.24, 2.45) is 0 Å². The molecule has 1 atom stereocenters. The molecule has 1 amide bonds. The molecule has 1 heterocycles. The second kappa shape index (κ2) is 6.04. The van der Waals surface area contributed by atoms with E-state index in [0.717, 1.165) is 30.8 Å². The van der Waals surface area contributed by atoms with Gasteiger partial charge < -0.3 is 15.8 Å². The highest BCUT2D eigenvalue weighted by Gasteiger charge is 2.23. The minimum atomic E-state index is -0.00884. The Kier molecular flexibility index (Phi) is 4.39. The van der Waals surface area contributed by atoms with Crippen molar-refractivity contribution in [3.8, 4) is 0 Å². The van der Waals surface area contributed by atoms with E-state index in [1.54, 1.807) is 13.2 Å². The molecular weight excluding hydrogens is 242 g/mol. The van der Waals surface area contributed by atoms with E-state index in [9.17, 15) is 4.79 Å². The largest absolute Gasteiger partial charge is 0.399 e. The lowest BCUT2D eigenvalue weighted by molar-refractivity contribution is -0.117. The number of nitrogens with zero attached hydrogens (tertiary/aromatic N) is 1. The first kappa shape index (κ1) is 13.8. The van der Waals surface area contributed by atoms with Crippen molar-refractivity contribution in [2.75, 3.05) is 37.8 Å². The number of carbonyl (C=O) groups is 1. The van der Waals surface area contributed by atoms with E-state index in [4.69, 9.17) is 10.5 Å². The summed E-state index contributed by atoms with van der Waals surface area (Å²) < 4.78 is 5.29. The number of ether oxygens (including phenoxy) is 1. The third-order valence-corrected chi connectivity index (χ3v) is 3.47. The van der Waals surface area contributed by atoms with E-state index in [0.29, 0.717) is 12.2 Å². The highest BCUT2D eigenvalue weighted by atomic mass is 16.5. The molecule has 0 aromatic heterocycles. The van der Waals surface area contributed by atoms with Gasteiger partial charge in [-0.15, -0.1) is 0 Å². The summed E-state index contributed by atoms with van der Waals surface area (Å²) in [4.78, 5) is 14.1. The average Bonchev–Trinajstić information content (AvgIpc) is 2.81. The van der Waals surface area contributed by atoms with Gasteiger partial charge in [0.05, 0.1) is 12.6 Å². The number of nitrogens with one attached hydrogen (secondary N) is 1. The fraction of sp³-hybridized carbons (Fsp3) is 0.500. The zero-order valence-corrected chi connectivity index (χ0v) is 11.5. The van der Waals surface area contributed by atoms with Crippen LogP contribution in [0.15, 0.2) is 18.2 Å². The maximum Gasteiger partial charge on any atom is 0.238 e. The number of anilines is 2. The van der Waals surface area contributed by atoms with Gasteiger partial charge in [0, 0.05) is 31.6 Å². The van der Waals surface area contributed by atoms with Crippen molar-refractivity contribution in [3.63, 3.8) is 0 Å². The van der Waals surface area contributed by atoms with Crippen molar-refractivity contribution in [1.29, 1.82) is 0 Å². The lowest BCUT2D eigenvalue weighted by Crippen LogP contribution is -2.32. The summed E-state index contributed by atoms with van der Waals surface area (Å²) in [6.07, 6.45) is 1.24. The third kappa shape index (κ3) is 3.68. The summed E-state index contributed by atoms with van der Waals surface area (Å²) >= 11 is 0. The summed E-state index contributed by atoms with van der Waals surface area (Å²) in [7, 11) is 1.71. The van der Waals surface area contributed by atoms with Gasteiger partial charge in [-0.3, -0.25) is 9.69 Å². The second-order valence-corrected chi connectivity index (χ2v) is 5.00. The smallest absolute Gasteiger partial charge is 0.238 e. The van der Waals surface area contributed by atoms with Crippen molar-refractivity contribution < 1.29 is 9.53 Å². The molecule has 0 radical (unpaired) electrons. The number of hydrogen-bond acceptors (Lipinski definition) is 4. The molecule has 5 heteroatoms. The monoisotopic (exact) mass is 263 g/mol. The zero-order valence-electron chi connectivity index (χ0n) is 11.5. The van der Waals surface area contributed by atoms with Crippen LogP contribution in [0.25, 0.3) is 0 Å². The van der Waals surface area contributed by atoms with Crippen LogP contribution in [0.5, 0.6) is 0 Å². The van der Waals surface area contributed by atoms with Crippen molar-refractivity contribution in [2.45, 2.75) is 19.4 Å². The molecule has 104 valence electrons. The van der Waals surface area contributed by atoms with E-state index >= 15 is 0 Å². The Balaban J connectivity index is 1.89. The first-order valence-electron chi connectivity index (χ1n) is 6.49. The van der Waals surface area contributed by atoms with E-state index in [1.165, 1.54) is 0 Å². The highest BCUT2D eigenvalue weighted by molar-refractivity contribution is 5.93. The predicted octanol–water partition coefficient (Wildman–Crippen LogP) is 1.24. The van der Waals surface area contributed by atoms with E-state index in [2.05, 4.69) is 10.2 Å². The number of amides is 1. The summed E-state index contributed by atoms with van der Waals surface area (Å²) in [5.74, 6) is -0.00884. The van der Waals surface area contributed by atoms with Gasteiger partial charge in [0.25, 0.3) is 0 Å². The molecule has 0 saturated carbocycles. The number of likely N-dealkylation sites (tertiary alicyclic amines) is 1. The topological polar surface area (TPSA) is 67.6 Å². The van der Waals surface area contributed by atoms with Crippen LogP contribution >= 0.6 is 0 Å². The van der Waals surface area contributed by atoms with Gasteiger partial charge in [-0.05, 0) is 31.0 Å². The number of carbonyl (C=O) groups excluding carboxylic acids is 1. The third-order valence-electron chi connectivity index (χ3n) is 3.47. The number of benzene rings is 1. The second-order valence-electron chi connectivity index (χ2n) is 5.00. The molecule has 1 saturated heterocycles. The minimum absolute atomic E-state index is 0.00884. The zero-order chi connectivity index (χ0) is 13.8. The summed E-state index contributed by atoms with van der Waals surface area (Å²) in [5, 5.41) is 2.91. The molecule has 1 aromatic carbocycles. The molecule has 0 spiro atoms. The van der Waals surface area contributed by atoms with Crippen LogP contribution in [0.3, 0.4) is 0 Å². The molecule has 1 aliphatic heterocycles. The Bertz CT molecular complexity index is 462. The van der Waals surface area contributed by atoms with Crippen LogP contribution in [-0.2, 0) is 9.53 Å². The number of methoxy groups -OCH3 is 1. The highest BCUT2D eigenvalue weighted by Crippen LogP contribution is 2.18. The Hall–Kier alpha value is -1.59. The predicted molar refractivity (Wildman–Crippen MR) is 76.1 cm³/mol. The first-order valence-corrected chi connectivity index (χ1v) is 6.49. The lowest BCUT2D eigenvalue weighted by atomic mass is 10.2. The van der Waals surface area contributed by atoms with Gasteiger partial charge in [-0.2, -0.15) is 0 Å². The molecule has 2 rings (SSSR count).